The Bertz CT molecular complexity index is 575. The van der Waals surface area contributed by atoms with E-state index < -0.39 is 6.61 Å². The molecule has 114 valence electrons. The van der Waals surface area contributed by atoms with E-state index in [-0.39, 0.29) is 17.7 Å². The zero-order valence-electron chi connectivity index (χ0n) is 11.8. The molecule has 1 atom stereocenters. The molecule has 0 radical (unpaired) electrons. The Morgan fingerprint density at radius 2 is 2.00 bits per heavy atom. The van der Waals surface area contributed by atoms with E-state index in [1.165, 1.54) is 6.07 Å². The second-order valence-corrected chi connectivity index (χ2v) is 4.34. The van der Waals surface area contributed by atoms with E-state index >= 15 is 0 Å². The number of rotatable bonds is 7. The normalized spacial score (nSPS) is 12.6. The third-order valence-corrected chi connectivity index (χ3v) is 2.93. The van der Waals surface area contributed by atoms with Crippen molar-refractivity contribution in [1.29, 1.82) is 0 Å². The molecule has 0 fully saturated rings. The number of benzene rings is 1. The molecule has 7 heteroatoms. The van der Waals surface area contributed by atoms with E-state index in [1.807, 2.05) is 13.8 Å². The number of halogens is 2. The molecular formula is C14H17F2N3O2. The molecular weight excluding hydrogens is 280 g/mol. The molecule has 0 aliphatic rings. The van der Waals surface area contributed by atoms with Gasteiger partial charge in [-0.1, -0.05) is 26.0 Å². The Morgan fingerprint density at radius 1 is 1.24 bits per heavy atom. The maximum absolute atomic E-state index is 12.4. The first kappa shape index (κ1) is 15.4. The first-order valence-electron chi connectivity index (χ1n) is 6.76. The van der Waals surface area contributed by atoms with Gasteiger partial charge in [0, 0.05) is 0 Å². The largest absolute Gasteiger partial charge is 0.434 e. The van der Waals surface area contributed by atoms with Gasteiger partial charge >= 0.3 is 6.61 Å². The molecule has 0 bridgehead atoms. The van der Waals surface area contributed by atoms with Gasteiger partial charge in [0.25, 0.3) is 5.89 Å². The van der Waals surface area contributed by atoms with Crippen LogP contribution in [0.4, 0.5) is 8.78 Å². The lowest BCUT2D eigenvalue weighted by Gasteiger charge is -2.10. The van der Waals surface area contributed by atoms with Crippen molar-refractivity contribution in [2.75, 3.05) is 6.54 Å². The summed E-state index contributed by atoms with van der Waals surface area (Å²) in [6, 6.07) is 6.28. The summed E-state index contributed by atoms with van der Waals surface area (Å²) in [5, 5.41) is 11.1. The van der Waals surface area contributed by atoms with Gasteiger partial charge in [0.2, 0.25) is 5.89 Å². The zero-order valence-corrected chi connectivity index (χ0v) is 11.8. The van der Waals surface area contributed by atoms with Crippen LogP contribution in [0.15, 0.2) is 28.7 Å². The molecule has 2 aromatic rings. The highest BCUT2D eigenvalue weighted by Crippen LogP contribution is 2.31. The van der Waals surface area contributed by atoms with Crippen molar-refractivity contribution in [3.8, 4) is 17.2 Å². The minimum atomic E-state index is -2.90. The van der Waals surface area contributed by atoms with Gasteiger partial charge in [-0.2, -0.15) is 8.78 Å². The Hall–Kier alpha value is -2.02. The summed E-state index contributed by atoms with van der Waals surface area (Å²) in [4.78, 5) is 0. The molecule has 0 saturated heterocycles. The number of alkyl halides is 2. The Labute approximate surface area is 121 Å². The fourth-order valence-corrected chi connectivity index (χ4v) is 1.98. The summed E-state index contributed by atoms with van der Waals surface area (Å²) >= 11 is 0. The molecule has 1 unspecified atom stereocenters. The molecule has 5 nitrogen and oxygen atoms in total. The van der Waals surface area contributed by atoms with Crippen molar-refractivity contribution < 1.29 is 17.9 Å². The smallest absolute Gasteiger partial charge is 0.387 e. The van der Waals surface area contributed by atoms with E-state index in [9.17, 15) is 8.78 Å². The molecule has 1 heterocycles. The average molecular weight is 297 g/mol. The third kappa shape index (κ3) is 3.75. The second-order valence-electron chi connectivity index (χ2n) is 4.34. The minimum Gasteiger partial charge on any atom is -0.434 e. The molecule has 0 amide bonds. The van der Waals surface area contributed by atoms with E-state index in [0.717, 1.165) is 13.0 Å². The Balaban J connectivity index is 2.29. The SMILES string of the molecule is CCNC(CC)c1nnc(-c2ccccc2OC(F)F)o1. The van der Waals surface area contributed by atoms with Gasteiger partial charge in [-0.15, -0.1) is 10.2 Å². The van der Waals surface area contributed by atoms with Crippen molar-refractivity contribution in [2.45, 2.75) is 32.9 Å². The molecule has 0 aliphatic carbocycles. The number of para-hydroxylation sites is 1. The zero-order chi connectivity index (χ0) is 15.2. The summed E-state index contributed by atoms with van der Waals surface area (Å²) < 4.78 is 34.9. The first-order chi connectivity index (χ1) is 10.2. The van der Waals surface area contributed by atoms with E-state index in [0.29, 0.717) is 11.5 Å². The van der Waals surface area contributed by atoms with Gasteiger partial charge < -0.3 is 14.5 Å². The highest BCUT2D eigenvalue weighted by atomic mass is 19.3. The van der Waals surface area contributed by atoms with Crippen molar-refractivity contribution in [2.24, 2.45) is 0 Å². The van der Waals surface area contributed by atoms with Crippen molar-refractivity contribution >= 4 is 0 Å². The highest BCUT2D eigenvalue weighted by molar-refractivity contribution is 5.62. The van der Waals surface area contributed by atoms with Crippen molar-refractivity contribution in [1.82, 2.24) is 15.5 Å². The lowest BCUT2D eigenvalue weighted by atomic mass is 10.2. The quantitative estimate of drug-likeness (QED) is 0.848. The number of nitrogens with one attached hydrogen (secondary N) is 1. The summed E-state index contributed by atoms with van der Waals surface area (Å²) in [7, 11) is 0. The second kappa shape index (κ2) is 7.12. The van der Waals surface area contributed by atoms with Crippen LogP contribution in [0.2, 0.25) is 0 Å². The maximum atomic E-state index is 12.4. The van der Waals surface area contributed by atoms with Gasteiger partial charge in [0.1, 0.15) is 5.75 Å². The molecule has 1 aromatic carbocycles. The molecule has 21 heavy (non-hydrogen) atoms. The Morgan fingerprint density at radius 3 is 2.67 bits per heavy atom. The molecule has 2 rings (SSSR count). The Kier molecular flexibility index (Phi) is 5.21. The lowest BCUT2D eigenvalue weighted by Crippen LogP contribution is -2.20. The predicted octanol–water partition coefficient (Wildman–Crippen LogP) is 3.40. The third-order valence-electron chi connectivity index (χ3n) is 2.93. The van der Waals surface area contributed by atoms with Gasteiger partial charge in [0.15, 0.2) is 0 Å². The van der Waals surface area contributed by atoms with Gasteiger partial charge in [-0.3, -0.25) is 0 Å². The number of nitrogens with zero attached hydrogens (tertiary/aromatic N) is 2. The number of hydrogen-bond donors (Lipinski definition) is 1. The topological polar surface area (TPSA) is 60.2 Å². The summed E-state index contributed by atoms with van der Waals surface area (Å²) in [5.41, 5.74) is 0.350. The summed E-state index contributed by atoms with van der Waals surface area (Å²) in [6.07, 6.45) is 0.782. The van der Waals surface area contributed by atoms with Crippen LogP contribution in [-0.4, -0.2) is 23.4 Å². The molecule has 0 saturated carbocycles. The first-order valence-corrected chi connectivity index (χ1v) is 6.76. The van der Waals surface area contributed by atoms with Crippen molar-refractivity contribution in [3.63, 3.8) is 0 Å². The fraction of sp³-hybridized carbons (Fsp3) is 0.429. The van der Waals surface area contributed by atoms with Crippen LogP contribution in [-0.2, 0) is 0 Å². The monoisotopic (exact) mass is 297 g/mol. The average Bonchev–Trinajstić information content (AvgIpc) is 2.94. The summed E-state index contributed by atoms with van der Waals surface area (Å²) in [6.45, 7) is 1.83. The number of hydrogen-bond acceptors (Lipinski definition) is 5. The number of ether oxygens (including phenoxy) is 1. The fourth-order valence-electron chi connectivity index (χ4n) is 1.98. The van der Waals surface area contributed by atoms with E-state index in [2.05, 4.69) is 20.3 Å². The van der Waals surface area contributed by atoms with Crippen LogP contribution in [0.5, 0.6) is 5.75 Å². The predicted molar refractivity (Wildman–Crippen MR) is 73.1 cm³/mol. The molecule has 1 aromatic heterocycles. The van der Waals surface area contributed by atoms with Gasteiger partial charge in [0.05, 0.1) is 11.6 Å². The van der Waals surface area contributed by atoms with Gasteiger partial charge in [-0.25, -0.2) is 0 Å². The van der Waals surface area contributed by atoms with Gasteiger partial charge in [-0.05, 0) is 25.1 Å². The standard InChI is InChI=1S/C14H17F2N3O2/c1-3-10(17-4-2)13-19-18-12(21-13)9-7-5-6-8-11(9)20-14(15)16/h5-8,10,14,17H,3-4H2,1-2H3. The van der Waals surface area contributed by atoms with Crippen LogP contribution >= 0.6 is 0 Å². The van der Waals surface area contributed by atoms with E-state index in [4.69, 9.17) is 4.42 Å². The van der Waals surface area contributed by atoms with E-state index in [1.54, 1.807) is 18.2 Å². The molecule has 1 N–H and O–H groups in total. The minimum absolute atomic E-state index is 0.0131. The molecule has 0 spiro atoms. The van der Waals surface area contributed by atoms with Crippen LogP contribution in [0, 0.1) is 0 Å². The van der Waals surface area contributed by atoms with Crippen LogP contribution in [0.3, 0.4) is 0 Å². The summed E-state index contributed by atoms with van der Waals surface area (Å²) in [5.74, 6) is 0.609. The number of aromatic nitrogens is 2. The van der Waals surface area contributed by atoms with Crippen LogP contribution in [0.1, 0.15) is 32.2 Å². The molecule has 0 aliphatic heterocycles. The lowest BCUT2D eigenvalue weighted by molar-refractivity contribution is -0.0495. The van der Waals surface area contributed by atoms with Crippen molar-refractivity contribution in [3.05, 3.63) is 30.2 Å². The highest BCUT2D eigenvalue weighted by Gasteiger charge is 2.19. The van der Waals surface area contributed by atoms with Crippen LogP contribution in [0.25, 0.3) is 11.5 Å². The van der Waals surface area contributed by atoms with Crippen LogP contribution < -0.4 is 10.1 Å². The maximum Gasteiger partial charge on any atom is 0.387 e.